The van der Waals surface area contributed by atoms with E-state index in [9.17, 15) is 13.2 Å². The largest absolute Gasteiger partial charge is 0.336 e. The maximum absolute atomic E-state index is 13.0. The SMILES string of the molecule is O=C(c1csc2c1CCCC2)N1CCN(S(=O)(=O)c2ccccc2Cl)CC1. The summed E-state index contributed by atoms with van der Waals surface area (Å²) in [6, 6.07) is 6.47. The smallest absolute Gasteiger partial charge is 0.255 e. The summed E-state index contributed by atoms with van der Waals surface area (Å²) < 4.78 is 27.1. The number of aryl methyl sites for hydroxylation is 1. The molecular weight excluding hydrogens is 404 g/mol. The first-order valence-electron chi connectivity index (χ1n) is 9.11. The second-order valence-corrected chi connectivity index (χ2v) is 10.2. The highest BCUT2D eigenvalue weighted by Crippen LogP contribution is 2.31. The van der Waals surface area contributed by atoms with Crippen LogP contribution in [0.4, 0.5) is 0 Å². The first kappa shape index (κ1) is 18.9. The van der Waals surface area contributed by atoms with E-state index in [4.69, 9.17) is 11.6 Å². The van der Waals surface area contributed by atoms with Crippen LogP contribution in [-0.2, 0) is 22.9 Å². The van der Waals surface area contributed by atoms with E-state index in [-0.39, 0.29) is 28.9 Å². The van der Waals surface area contributed by atoms with E-state index in [0.717, 1.165) is 24.8 Å². The van der Waals surface area contributed by atoms with Crippen LogP contribution in [0.1, 0.15) is 33.6 Å². The van der Waals surface area contributed by atoms with E-state index >= 15 is 0 Å². The van der Waals surface area contributed by atoms with Crippen LogP contribution in [0.5, 0.6) is 0 Å². The number of rotatable bonds is 3. The molecule has 0 spiro atoms. The molecule has 4 rings (SSSR count). The number of hydrogen-bond donors (Lipinski definition) is 0. The summed E-state index contributed by atoms with van der Waals surface area (Å²) in [4.78, 5) is 16.2. The number of benzene rings is 1. The number of halogens is 1. The maximum Gasteiger partial charge on any atom is 0.255 e. The van der Waals surface area contributed by atoms with Gasteiger partial charge >= 0.3 is 0 Å². The standard InChI is InChI=1S/C19H21ClN2O3S2/c20-16-6-2-4-8-18(16)27(24,25)22-11-9-21(10-12-22)19(23)15-13-26-17-7-3-1-5-14(15)17/h2,4,6,8,13H,1,3,5,7,9-12H2. The monoisotopic (exact) mass is 424 g/mol. The molecule has 1 aromatic carbocycles. The molecule has 0 N–H and O–H groups in total. The van der Waals surface area contributed by atoms with Gasteiger partial charge < -0.3 is 4.90 Å². The molecule has 1 fully saturated rings. The Morgan fingerprint density at radius 3 is 2.48 bits per heavy atom. The first-order chi connectivity index (χ1) is 13.0. The number of sulfonamides is 1. The van der Waals surface area contributed by atoms with E-state index in [1.165, 1.54) is 27.2 Å². The van der Waals surface area contributed by atoms with Crippen LogP contribution in [-0.4, -0.2) is 49.7 Å². The minimum atomic E-state index is -3.64. The van der Waals surface area contributed by atoms with Crippen LogP contribution in [0.3, 0.4) is 0 Å². The second-order valence-electron chi connectivity index (χ2n) is 6.88. The van der Waals surface area contributed by atoms with Gasteiger partial charge in [-0.1, -0.05) is 23.7 Å². The molecule has 2 aromatic rings. The normalized spacial score (nSPS) is 18.3. The van der Waals surface area contributed by atoms with E-state index in [1.54, 1.807) is 34.4 Å². The lowest BCUT2D eigenvalue weighted by molar-refractivity contribution is 0.0697. The van der Waals surface area contributed by atoms with Crippen molar-refractivity contribution in [2.24, 2.45) is 0 Å². The maximum atomic E-state index is 13.0. The van der Waals surface area contributed by atoms with Crippen molar-refractivity contribution in [3.8, 4) is 0 Å². The molecule has 0 radical (unpaired) electrons. The Morgan fingerprint density at radius 1 is 1.04 bits per heavy atom. The molecule has 1 amide bonds. The average molecular weight is 425 g/mol. The van der Waals surface area contributed by atoms with Gasteiger partial charge in [0.2, 0.25) is 10.0 Å². The highest BCUT2D eigenvalue weighted by Gasteiger charge is 2.32. The minimum absolute atomic E-state index is 0.0317. The Morgan fingerprint density at radius 2 is 1.74 bits per heavy atom. The van der Waals surface area contributed by atoms with Crippen molar-refractivity contribution in [3.63, 3.8) is 0 Å². The Hall–Kier alpha value is -1.41. The van der Waals surface area contributed by atoms with Gasteiger partial charge in [-0.3, -0.25) is 4.79 Å². The fourth-order valence-corrected chi connectivity index (χ4v) is 6.80. The van der Waals surface area contributed by atoms with Crippen LogP contribution in [0.15, 0.2) is 34.5 Å². The van der Waals surface area contributed by atoms with Crippen molar-refractivity contribution in [1.29, 1.82) is 0 Å². The van der Waals surface area contributed by atoms with Gasteiger partial charge in [0.1, 0.15) is 4.90 Å². The molecule has 2 aliphatic rings. The predicted molar refractivity (Wildman–Crippen MR) is 107 cm³/mol. The average Bonchev–Trinajstić information content (AvgIpc) is 3.12. The number of hydrogen-bond acceptors (Lipinski definition) is 4. The van der Waals surface area contributed by atoms with Crippen molar-refractivity contribution in [2.45, 2.75) is 30.6 Å². The van der Waals surface area contributed by atoms with Gasteiger partial charge in [-0.05, 0) is 43.4 Å². The topological polar surface area (TPSA) is 57.7 Å². The molecule has 1 aliphatic heterocycles. The zero-order valence-corrected chi connectivity index (χ0v) is 17.2. The summed E-state index contributed by atoms with van der Waals surface area (Å²) in [7, 11) is -3.64. The molecule has 144 valence electrons. The zero-order chi connectivity index (χ0) is 19.0. The third kappa shape index (κ3) is 3.53. The molecule has 5 nitrogen and oxygen atoms in total. The number of amides is 1. The number of nitrogens with zero attached hydrogens (tertiary/aromatic N) is 2. The molecule has 27 heavy (non-hydrogen) atoms. The summed E-state index contributed by atoms with van der Waals surface area (Å²) in [5.74, 6) is 0.0317. The molecule has 1 aliphatic carbocycles. The number of thiophene rings is 1. The van der Waals surface area contributed by atoms with Crippen LogP contribution in [0.25, 0.3) is 0 Å². The van der Waals surface area contributed by atoms with Crippen LogP contribution >= 0.6 is 22.9 Å². The Bertz CT molecular complexity index is 963. The highest BCUT2D eigenvalue weighted by molar-refractivity contribution is 7.89. The third-order valence-electron chi connectivity index (χ3n) is 5.27. The summed E-state index contributed by atoms with van der Waals surface area (Å²) in [5, 5.41) is 2.20. The van der Waals surface area contributed by atoms with Gasteiger partial charge in [0.25, 0.3) is 5.91 Å². The van der Waals surface area contributed by atoms with Crippen molar-refractivity contribution >= 4 is 38.9 Å². The van der Waals surface area contributed by atoms with Crippen molar-refractivity contribution < 1.29 is 13.2 Å². The van der Waals surface area contributed by atoms with Gasteiger partial charge in [-0.15, -0.1) is 11.3 Å². The van der Waals surface area contributed by atoms with Gasteiger partial charge in [-0.25, -0.2) is 8.42 Å². The summed E-state index contributed by atoms with van der Waals surface area (Å²) in [6.07, 6.45) is 4.37. The van der Waals surface area contributed by atoms with Gasteiger partial charge in [0.15, 0.2) is 0 Å². The predicted octanol–water partition coefficient (Wildman–Crippen LogP) is 3.43. The molecule has 1 saturated heterocycles. The van der Waals surface area contributed by atoms with Crippen molar-refractivity contribution in [1.82, 2.24) is 9.21 Å². The summed E-state index contributed by atoms with van der Waals surface area (Å²) >= 11 is 7.75. The number of carbonyl (C=O) groups is 1. The van der Waals surface area contributed by atoms with Crippen molar-refractivity contribution in [3.05, 3.63) is 50.7 Å². The van der Waals surface area contributed by atoms with E-state index < -0.39 is 10.0 Å². The summed E-state index contributed by atoms with van der Waals surface area (Å²) in [5.41, 5.74) is 2.03. The fraction of sp³-hybridized carbons (Fsp3) is 0.421. The lowest BCUT2D eigenvalue weighted by atomic mass is 9.95. The highest BCUT2D eigenvalue weighted by atomic mass is 35.5. The van der Waals surface area contributed by atoms with Crippen LogP contribution in [0.2, 0.25) is 5.02 Å². The van der Waals surface area contributed by atoms with Gasteiger partial charge in [0, 0.05) is 36.4 Å². The molecule has 0 bridgehead atoms. The van der Waals surface area contributed by atoms with Crippen molar-refractivity contribution in [2.75, 3.05) is 26.2 Å². The number of fused-ring (bicyclic) bond motifs is 1. The quantitative estimate of drug-likeness (QED) is 0.758. The molecule has 1 aromatic heterocycles. The van der Waals surface area contributed by atoms with Crippen LogP contribution < -0.4 is 0 Å². The fourth-order valence-electron chi connectivity index (χ4n) is 3.77. The van der Waals surface area contributed by atoms with Gasteiger partial charge in [0.05, 0.1) is 10.6 Å². The molecule has 0 saturated carbocycles. The second kappa shape index (κ2) is 7.54. The number of piperazine rings is 1. The minimum Gasteiger partial charge on any atom is -0.336 e. The molecule has 0 atom stereocenters. The Labute approximate surface area is 168 Å². The van der Waals surface area contributed by atoms with E-state index in [0.29, 0.717) is 13.1 Å². The molecular formula is C19H21ClN2O3S2. The molecule has 0 unspecified atom stereocenters. The van der Waals surface area contributed by atoms with Gasteiger partial charge in [-0.2, -0.15) is 4.31 Å². The lowest BCUT2D eigenvalue weighted by Crippen LogP contribution is -2.50. The van der Waals surface area contributed by atoms with E-state index in [2.05, 4.69) is 0 Å². The molecule has 8 heteroatoms. The third-order valence-corrected chi connectivity index (χ3v) is 8.76. The summed E-state index contributed by atoms with van der Waals surface area (Å²) in [6.45, 7) is 1.36. The van der Waals surface area contributed by atoms with Crippen LogP contribution in [0, 0.1) is 0 Å². The number of carbonyl (C=O) groups excluding carboxylic acids is 1. The first-order valence-corrected chi connectivity index (χ1v) is 11.8. The van der Waals surface area contributed by atoms with E-state index in [1.807, 2.05) is 5.38 Å². The molecule has 2 heterocycles. The zero-order valence-electron chi connectivity index (χ0n) is 14.9. The lowest BCUT2D eigenvalue weighted by Gasteiger charge is -2.34. The Balaban J connectivity index is 1.47. The Kier molecular flexibility index (Phi) is 5.29.